The molecule has 2 nitrogen and oxygen atoms in total. The average Bonchev–Trinajstić information content (AvgIpc) is 0.918. The van der Waals surface area contributed by atoms with Gasteiger partial charge in [-0.1, -0.05) is 0 Å². The number of nitrogens with zero attached hydrogens (tertiary/aromatic N) is 1. The van der Waals surface area contributed by atoms with Crippen molar-refractivity contribution in [2.75, 3.05) is 0 Å². The molecule has 0 aliphatic heterocycles. The van der Waals surface area contributed by atoms with Gasteiger partial charge in [-0.05, 0) is 0 Å². The fourth-order valence-electron chi connectivity index (χ4n) is 0. The van der Waals surface area contributed by atoms with Crippen molar-refractivity contribution in [1.82, 2.24) is 6.15 Å². The van der Waals surface area contributed by atoms with Crippen LogP contribution in [0.4, 0.5) is 0 Å². The summed E-state index contributed by atoms with van der Waals surface area (Å²) >= 11 is 0.750. The predicted octanol–water partition coefficient (Wildman–Crippen LogP) is 0.176. The first kappa shape index (κ1) is 8.95. The fraction of sp³-hybridized carbons (Fsp3) is 0. The van der Waals surface area contributed by atoms with Gasteiger partial charge in [0.2, 0.25) is 0 Å². The number of hydrogen-bond donors (Lipinski definition) is 1. The SMILES string of the molecule is N.N#[C][Zn]. The first-order chi connectivity index (χ1) is 1.41. The molecule has 0 radical (unpaired) electrons. The molecule has 3 heteroatoms. The number of hydrogen-bond acceptors (Lipinski definition) is 2. The third-order valence-electron chi connectivity index (χ3n) is 0. The summed E-state index contributed by atoms with van der Waals surface area (Å²) in [6.07, 6.45) is 0. The van der Waals surface area contributed by atoms with Crippen molar-refractivity contribution in [3.63, 3.8) is 0 Å². The Balaban J connectivity index is 0. The molecule has 0 amide bonds. The molecule has 0 spiro atoms. The number of nitriles is 1. The van der Waals surface area contributed by atoms with E-state index in [0.29, 0.717) is 0 Å². The Morgan fingerprint density at radius 1 is 1.75 bits per heavy atom. The van der Waals surface area contributed by atoms with Gasteiger partial charge in [-0.25, -0.2) is 0 Å². The maximum absolute atomic E-state index is 7.38. The van der Waals surface area contributed by atoms with Crippen molar-refractivity contribution >= 4 is 0 Å². The van der Waals surface area contributed by atoms with Crippen LogP contribution < -0.4 is 6.15 Å². The Morgan fingerprint density at radius 2 is 1.75 bits per heavy atom. The minimum absolute atomic E-state index is 0. The van der Waals surface area contributed by atoms with Crippen LogP contribution in [0.3, 0.4) is 0 Å². The zero-order valence-electron chi connectivity index (χ0n) is 2.36. The molecule has 0 heterocycles. The van der Waals surface area contributed by atoms with E-state index in [4.69, 9.17) is 5.26 Å². The van der Waals surface area contributed by atoms with Gasteiger partial charge in [0.1, 0.15) is 0 Å². The Hall–Kier alpha value is 0.0734. The Labute approximate surface area is 35.1 Å². The molecular formula is CH3N2Zn. The van der Waals surface area contributed by atoms with Crippen molar-refractivity contribution in [3.05, 3.63) is 0 Å². The zero-order valence-corrected chi connectivity index (χ0v) is 5.33. The molecule has 0 saturated heterocycles. The minimum atomic E-state index is 0. The Morgan fingerprint density at radius 3 is 1.75 bits per heavy atom. The van der Waals surface area contributed by atoms with Gasteiger partial charge >= 0.3 is 28.2 Å². The van der Waals surface area contributed by atoms with Crippen LogP contribution in [0.15, 0.2) is 0 Å². The van der Waals surface area contributed by atoms with E-state index in [2.05, 4.69) is 0 Å². The molecule has 0 bridgehead atoms. The molecule has 0 aromatic heterocycles. The van der Waals surface area contributed by atoms with Gasteiger partial charge in [0, 0.05) is 0 Å². The van der Waals surface area contributed by atoms with Gasteiger partial charge in [0.05, 0.1) is 0 Å². The van der Waals surface area contributed by atoms with Gasteiger partial charge in [0.25, 0.3) is 0 Å². The van der Waals surface area contributed by atoms with Crippen LogP contribution in [0, 0.1) is 9.93 Å². The van der Waals surface area contributed by atoms with E-state index >= 15 is 0 Å². The summed E-state index contributed by atoms with van der Waals surface area (Å²) in [7, 11) is 0. The second kappa shape index (κ2) is 11.5. The van der Waals surface area contributed by atoms with Crippen LogP contribution in [-0.4, -0.2) is 0 Å². The quantitative estimate of drug-likeness (QED) is 0.450. The molecule has 4 heavy (non-hydrogen) atoms. The molecule has 0 aliphatic carbocycles. The Kier molecular flexibility index (Phi) is 25.7. The summed E-state index contributed by atoms with van der Waals surface area (Å²) < 4.78 is 1.88. The topological polar surface area (TPSA) is 58.8 Å². The van der Waals surface area contributed by atoms with Gasteiger partial charge in [-0.3, -0.25) is 0 Å². The van der Waals surface area contributed by atoms with Crippen molar-refractivity contribution < 1.29 is 18.3 Å². The monoisotopic (exact) mass is 107 g/mol. The van der Waals surface area contributed by atoms with Crippen molar-refractivity contribution in [1.29, 1.82) is 5.26 Å². The van der Waals surface area contributed by atoms with Gasteiger partial charge in [0.15, 0.2) is 0 Å². The van der Waals surface area contributed by atoms with Gasteiger partial charge in [-0.2, -0.15) is 0 Å². The van der Waals surface area contributed by atoms with Crippen molar-refractivity contribution in [2.24, 2.45) is 0 Å². The summed E-state index contributed by atoms with van der Waals surface area (Å²) in [5.41, 5.74) is 0. The first-order valence-corrected chi connectivity index (χ1v) is 2.06. The normalized spacial score (nSPS) is 2.25. The standard InChI is InChI=1S/CN.H3N.Zn/c1-2;;/h;1H3;. The molecule has 0 saturated carbocycles. The molecule has 0 fully saturated rings. The zero-order chi connectivity index (χ0) is 2.71. The maximum atomic E-state index is 7.38. The average molecular weight is 108 g/mol. The van der Waals surface area contributed by atoms with E-state index < -0.39 is 0 Å². The Bertz CT molecular complexity index is 27.5. The second-order valence-corrected chi connectivity index (χ2v) is 0.822. The molecular weight excluding hydrogens is 105 g/mol. The molecule has 0 aliphatic rings. The van der Waals surface area contributed by atoms with E-state index in [0.717, 1.165) is 18.3 Å². The summed E-state index contributed by atoms with van der Waals surface area (Å²) in [4.78, 5) is 0. The first-order valence-electron chi connectivity index (χ1n) is 0.577. The molecule has 19 valence electrons. The fourth-order valence-corrected chi connectivity index (χ4v) is 0. The van der Waals surface area contributed by atoms with Crippen LogP contribution in [0.5, 0.6) is 0 Å². The molecule has 0 aromatic rings. The third kappa shape index (κ3) is 444. The van der Waals surface area contributed by atoms with E-state index in [1.807, 2.05) is 4.66 Å². The van der Waals surface area contributed by atoms with E-state index in [-0.39, 0.29) is 6.15 Å². The summed E-state index contributed by atoms with van der Waals surface area (Å²) in [5.74, 6) is 0. The van der Waals surface area contributed by atoms with Gasteiger partial charge in [-0.15, -0.1) is 0 Å². The van der Waals surface area contributed by atoms with Crippen LogP contribution in [-0.2, 0) is 18.3 Å². The van der Waals surface area contributed by atoms with Gasteiger partial charge < -0.3 is 6.15 Å². The molecule has 3 N–H and O–H groups in total. The van der Waals surface area contributed by atoms with Crippen LogP contribution in [0.1, 0.15) is 0 Å². The molecule has 0 rings (SSSR count). The van der Waals surface area contributed by atoms with Crippen LogP contribution in [0.25, 0.3) is 0 Å². The summed E-state index contributed by atoms with van der Waals surface area (Å²) in [5, 5.41) is 7.38. The van der Waals surface area contributed by atoms with Crippen molar-refractivity contribution in [3.8, 4) is 4.66 Å². The van der Waals surface area contributed by atoms with E-state index in [1.165, 1.54) is 0 Å². The predicted molar refractivity (Wildman–Crippen MR) is 10.6 cm³/mol. The molecule has 0 atom stereocenters. The van der Waals surface area contributed by atoms with Crippen LogP contribution in [0.2, 0.25) is 0 Å². The van der Waals surface area contributed by atoms with Crippen LogP contribution >= 0.6 is 0 Å². The molecule has 0 aromatic carbocycles. The third-order valence-corrected chi connectivity index (χ3v) is 0. The summed E-state index contributed by atoms with van der Waals surface area (Å²) in [6, 6.07) is 0. The number of rotatable bonds is 0. The molecule has 0 unspecified atom stereocenters. The van der Waals surface area contributed by atoms with E-state index in [1.54, 1.807) is 0 Å². The summed E-state index contributed by atoms with van der Waals surface area (Å²) in [6.45, 7) is 0. The van der Waals surface area contributed by atoms with E-state index in [9.17, 15) is 0 Å². The van der Waals surface area contributed by atoms with Crippen molar-refractivity contribution in [2.45, 2.75) is 0 Å². The second-order valence-electron chi connectivity index (χ2n) is 0.158.